The van der Waals surface area contributed by atoms with Gasteiger partial charge in [-0.2, -0.15) is 0 Å². The zero-order valence-electron chi connectivity index (χ0n) is 8.74. The highest BCUT2D eigenvalue weighted by molar-refractivity contribution is 5.08. The molecule has 1 atom stereocenters. The molecule has 0 spiro atoms. The molecule has 0 aliphatic heterocycles. The van der Waals surface area contributed by atoms with Gasteiger partial charge in [0.2, 0.25) is 0 Å². The molecule has 0 aromatic carbocycles. The lowest BCUT2D eigenvalue weighted by atomic mass is 10.1. The van der Waals surface area contributed by atoms with Gasteiger partial charge < -0.3 is 11.1 Å². The third-order valence-electron chi connectivity index (χ3n) is 2.23. The summed E-state index contributed by atoms with van der Waals surface area (Å²) < 4.78 is 0. The summed E-state index contributed by atoms with van der Waals surface area (Å²) in [5, 5.41) is 3.40. The van der Waals surface area contributed by atoms with E-state index in [-0.39, 0.29) is 0 Å². The fraction of sp³-hybridized carbons (Fsp3) is 0.545. The zero-order valence-corrected chi connectivity index (χ0v) is 8.74. The first kappa shape index (κ1) is 11.1. The van der Waals surface area contributed by atoms with Crippen molar-refractivity contribution in [3.05, 3.63) is 30.1 Å². The van der Waals surface area contributed by atoms with E-state index in [1.54, 1.807) is 0 Å². The number of hydrogen-bond donors (Lipinski definition) is 2. The van der Waals surface area contributed by atoms with Crippen molar-refractivity contribution in [1.82, 2.24) is 10.3 Å². The lowest BCUT2D eigenvalue weighted by Gasteiger charge is -2.10. The first-order chi connectivity index (χ1) is 6.83. The summed E-state index contributed by atoms with van der Waals surface area (Å²) in [7, 11) is 0. The van der Waals surface area contributed by atoms with Crippen molar-refractivity contribution in [2.75, 3.05) is 13.1 Å². The molecule has 0 aliphatic carbocycles. The summed E-state index contributed by atoms with van der Waals surface area (Å²) in [4.78, 5) is 3.97. The Bertz CT molecular complexity index is 236. The third-order valence-corrected chi connectivity index (χ3v) is 2.23. The van der Waals surface area contributed by atoms with Crippen LogP contribution in [-0.2, 0) is 6.54 Å². The number of aromatic nitrogens is 1. The lowest BCUT2D eigenvalue weighted by Crippen LogP contribution is -2.22. The van der Waals surface area contributed by atoms with Crippen LogP contribution in [0.4, 0.5) is 0 Å². The van der Waals surface area contributed by atoms with Gasteiger partial charge in [-0.05, 0) is 43.1 Å². The summed E-state index contributed by atoms with van der Waals surface area (Å²) >= 11 is 0. The minimum atomic E-state index is 0.654. The van der Waals surface area contributed by atoms with Crippen LogP contribution in [0.2, 0.25) is 0 Å². The summed E-state index contributed by atoms with van der Waals surface area (Å²) in [6, 6.07) is 4.06. The summed E-state index contributed by atoms with van der Waals surface area (Å²) in [5.74, 6) is 0.654. The van der Waals surface area contributed by atoms with Crippen molar-refractivity contribution in [3.8, 4) is 0 Å². The Hall–Kier alpha value is -0.930. The Morgan fingerprint density at radius 1 is 1.43 bits per heavy atom. The quantitative estimate of drug-likeness (QED) is 0.712. The molecule has 0 saturated carbocycles. The molecule has 0 fully saturated rings. The molecule has 78 valence electrons. The van der Waals surface area contributed by atoms with Crippen LogP contribution in [0.3, 0.4) is 0 Å². The Labute approximate surface area is 85.7 Å². The molecule has 1 aromatic rings. The van der Waals surface area contributed by atoms with E-state index in [1.807, 2.05) is 24.5 Å². The highest BCUT2D eigenvalue weighted by Crippen LogP contribution is 1.99. The van der Waals surface area contributed by atoms with Gasteiger partial charge in [0, 0.05) is 18.9 Å². The number of nitrogens with one attached hydrogen (secondary N) is 1. The van der Waals surface area contributed by atoms with E-state index < -0.39 is 0 Å². The van der Waals surface area contributed by atoms with Crippen molar-refractivity contribution < 1.29 is 0 Å². The SMILES string of the molecule is CC(CCN)CNCc1ccncc1. The van der Waals surface area contributed by atoms with Crippen LogP contribution in [0.1, 0.15) is 18.9 Å². The Balaban J connectivity index is 2.16. The summed E-state index contributed by atoms with van der Waals surface area (Å²) in [6.07, 6.45) is 4.73. The van der Waals surface area contributed by atoms with Crippen LogP contribution < -0.4 is 11.1 Å². The van der Waals surface area contributed by atoms with E-state index in [0.717, 1.165) is 26.1 Å². The van der Waals surface area contributed by atoms with Gasteiger partial charge in [0.1, 0.15) is 0 Å². The molecule has 0 saturated heterocycles. The monoisotopic (exact) mass is 193 g/mol. The highest BCUT2D eigenvalue weighted by Gasteiger charge is 1.99. The molecule has 0 aliphatic rings. The molecule has 0 bridgehead atoms. The fourth-order valence-electron chi connectivity index (χ4n) is 1.35. The van der Waals surface area contributed by atoms with E-state index in [1.165, 1.54) is 5.56 Å². The van der Waals surface area contributed by atoms with Crippen LogP contribution >= 0.6 is 0 Å². The lowest BCUT2D eigenvalue weighted by molar-refractivity contribution is 0.486. The second-order valence-electron chi connectivity index (χ2n) is 3.67. The minimum absolute atomic E-state index is 0.654. The smallest absolute Gasteiger partial charge is 0.0271 e. The van der Waals surface area contributed by atoms with Gasteiger partial charge in [0.05, 0.1) is 0 Å². The van der Waals surface area contributed by atoms with Crippen LogP contribution in [0.15, 0.2) is 24.5 Å². The van der Waals surface area contributed by atoms with Gasteiger partial charge in [0.15, 0.2) is 0 Å². The van der Waals surface area contributed by atoms with Gasteiger partial charge in [-0.15, -0.1) is 0 Å². The van der Waals surface area contributed by atoms with Crippen LogP contribution in [0.25, 0.3) is 0 Å². The van der Waals surface area contributed by atoms with Crippen LogP contribution in [0.5, 0.6) is 0 Å². The van der Waals surface area contributed by atoms with Crippen LogP contribution in [-0.4, -0.2) is 18.1 Å². The van der Waals surface area contributed by atoms with Crippen molar-refractivity contribution in [1.29, 1.82) is 0 Å². The van der Waals surface area contributed by atoms with E-state index in [4.69, 9.17) is 5.73 Å². The number of rotatable bonds is 6. The fourth-order valence-corrected chi connectivity index (χ4v) is 1.35. The Kier molecular flexibility index (Phi) is 5.19. The van der Waals surface area contributed by atoms with Crippen molar-refractivity contribution in [2.24, 2.45) is 11.7 Å². The number of nitrogens with two attached hydrogens (primary N) is 1. The molecule has 1 rings (SSSR count). The number of nitrogens with zero attached hydrogens (tertiary/aromatic N) is 1. The van der Waals surface area contributed by atoms with Crippen molar-refractivity contribution in [3.63, 3.8) is 0 Å². The average molecular weight is 193 g/mol. The molecule has 14 heavy (non-hydrogen) atoms. The van der Waals surface area contributed by atoms with Crippen LogP contribution in [0, 0.1) is 5.92 Å². The average Bonchev–Trinajstić information content (AvgIpc) is 2.20. The molecule has 0 radical (unpaired) electrons. The zero-order chi connectivity index (χ0) is 10.2. The van der Waals surface area contributed by atoms with E-state index in [2.05, 4.69) is 17.2 Å². The maximum absolute atomic E-state index is 5.48. The first-order valence-corrected chi connectivity index (χ1v) is 5.12. The molecule has 1 heterocycles. The molecule has 3 nitrogen and oxygen atoms in total. The number of pyridine rings is 1. The first-order valence-electron chi connectivity index (χ1n) is 5.12. The minimum Gasteiger partial charge on any atom is -0.330 e. The van der Waals surface area contributed by atoms with E-state index in [0.29, 0.717) is 5.92 Å². The van der Waals surface area contributed by atoms with E-state index in [9.17, 15) is 0 Å². The predicted octanol–water partition coefficient (Wildman–Crippen LogP) is 1.16. The largest absolute Gasteiger partial charge is 0.330 e. The molecule has 1 aromatic heterocycles. The maximum Gasteiger partial charge on any atom is 0.0271 e. The van der Waals surface area contributed by atoms with Crippen molar-refractivity contribution >= 4 is 0 Å². The topological polar surface area (TPSA) is 50.9 Å². The summed E-state index contributed by atoms with van der Waals surface area (Å²) in [6.45, 7) is 4.93. The second kappa shape index (κ2) is 6.51. The molecule has 1 unspecified atom stereocenters. The Morgan fingerprint density at radius 2 is 2.14 bits per heavy atom. The van der Waals surface area contributed by atoms with Gasteiger partial charge in [-0.25, -0.2) is 0 Å². The number of hydrogen-bond acceptors (Lipinski definition) is 3. The third kappa shape index (κ3) is 4.35. The normalized spacial score (nSPS) is 12.7. The summed E-state index contributed by atoms with van der Waals surface area (Å²) in [5.41, 5.74) is 6.75. The molecule has 0 amide bonds. The van der Waals surface area contributed by atoms with Crippen molar-refractivity contribution in [2.45, 2.75) is 19.9 Å². The van der Waals surface area contributed by atoms with Gasteiger partial charge >= 0.3 is 0 Å². The van der Waals surface area contributed by atoms with Gasteiger partial charge in [-0.1, -0.05) is 6.92 Å². The molecule has 3 N–H and O–H groups in total. The second-order valence-corrected chi connectivity index (χ2v) is 3.67. The van der Waals surface area contributed by atoms with Gasteiger partial charge in [0.25, 0.3) is 0 Å². The highest BCUT2D eigenvalue weighted by atomic mass is 14.9. The maximum atomic E-state index is 5.48. The standard InChI is InChI=1S/C11H19N3/c1-10(2-5-12)8-14-9-11-3-6-13-7-4-11/h3-4,6-7,10,14H,2,5,8-9,12H2,1H3. The Morgan fingerprint density at radius 3 is 2.79 bits per heavy atom. The van der Waals surface area contributed by atoms with Gasteiger partial charge in [-0.3, -0.25) is 4.98 Å². The molecular formula is C11H19N3. The molecular weight excluding hydrogens is 174 g/mol. The molecule has 3 heteroatoms. The van der Waals surface area contributed by atoms with E-state index >= 15 is 0 Å². The predicted molar refractivity (Wildman–Crippen MR) is 58.8 cm³/mol.